The van der Waals surface area contributed by atoms with Gasteiger partial charge in [-0.15, -0.1) is 11.3 Å². The average molecular weight is 297 g/mol. The van der Waals surface area contributed by atoms with E-state index in [-0.39, 0.29) is 11.9 Å². The number of benzene rings is 1. The van der Waals surface area contributed by atoms with Gasteiger partial charge in [-0.05, 0) is 19.1 Å². The summed E-state index contributed by atoms with van der Waals surface area (Å²) in [5.74, 6) is -0.0398. The molecule has 4 nitrogen and oxygen atoms in total. The number of fused-ring (bicyclic) bond motifs is 1. The lowest BCUT2D eigenvalue weighted by atomic mass is 10.1. The van der Waals surface area contributed by atoms with Crippen LogP contribution in [0.3, 0.4) is 0 Å². The number of nitrogens with zero attached hydrogens (tertiary/aromatic N) is 3. The van der Waals surface area contributed by atoms with Crippen molar-refractivity contribution in [1.82, 2.24) is 14.9 Å². The summed E-state index contributed by atoms with van der Waals surface area (Å²) in [4.78, 5) is 23.1. The van der Waals surface area contributed by atoms with Crippen LogP contribution in [0.4, 0.5) is 0 Å². The zero-order valence-electron chi connectivity index (χ0n) is 11.9. The SMILES string of the molecule is CC(c1nccs1)N(C)C(=O)c1cccc2cccnc12. The lowest BCUT2D eigenvalue weighted by molar-refractivity contribution is 0.0744. The Kier molecular flexibility index (Phi) is 3.66. The number of pyridine rings is 1. The third-order valence-corrected chi connectivity index (χ3v) is 4.52. The Morgan fingerprint density at radius 1 is 1.19 bits per heavy atom. The number of hydrogen-bond donors (Lipinski definition) is 0. The lowest BCUT2D eigenvalue weighted by Crippen LogP contribution is -2.29. The van der Waals surface area contributed by atoms with Crippen LogP contribution in [0.2, 0.25) is 0 Å². The second-order valence-corrected chi connectivity index (χ2v) is 5.77. The van der Waals surface area contributed by atoms with E-state index in [1.54, 1.807) is 35.7 Å². The topological polar surface area (TPSA) is 46.1 Å². The van der Waals surface area contributed by atoms with Gasteiger partial charge in [0.05, 0.1) is 17.1 Å². The van der Waals surface area contributed by atoms with Crippen LogP contribution in [0.25, 0.3) is 10.9 Å². The van der Waals surface area contributed by atoms with Gasteiger partial charge in [0.25, 0.3) is 5.91 Å². The first kappa shape index (κ1) is 13.7. The average Bonchev–Trinajstić information content (AvgIpc) is 3.06. The van der Waals surface area contributed by atoms with E-state index in [4.69, 9.17) is 0 Å². The maximum Gasteiger partial charge on any atom is 0.256 e. The highest BCUT2D eigenvalue weighted by Crippen LogP contribution is 2.24. The quantitative estimate of drug-likeness (QED) is 0.743. The molecular weight excluding hydrogens is 282 g/mol. The third kappa shape index (κ3) is 2.52. The molecule has 0 saturated carbocycles. The first-order valence-corrected chi connectivity index (χ1v) is 7.56. The van der Waals surface area contributed by atoms with E-state index in [2.05, 4.69) is 9.97 Å². The van der Waals surface area contributed by atoms with Crippen LogP contribution in [-0.4, -0.2) is 27.8 Å². The second kappa shape index (κ2) is 5.61. The predicted molar refractivity (Wildman–Crippen MR) is 84.4 cm³/mol. The summed E-state index contributed by atoms with van der Waals surface area (Å²) in [6, 6.07) is 9.45. The third-order valence-electron chi connectivity index (χ3n) is 3.57. The van der Waals surface area contributed by atoms with Crippen LogP contribution in [0.15, 0.2) is 48.1 Å². The molecule has 1 aromatic carbocycles. The van der Waals surface area contributed by atoms with Crippen LogP contribution >= 0.6 is 11.3 Å². The fourth-order valence-electron chi connectivity index (χ4n) is 2.25. The van der Waals surface area contributed by atoms with E-state index < -0.39 is 0 Å². The van der Waals surface area contributed by atoms with Crippen molar-refractivity contribution >= 4 is 28.1 Å². The Balaban J connectivity index is 1.97. The van der Waals surface area contributed by atoms with Crippen LogP contribution in [-0.2, 0) is 0 Å². The Bertz CT molecular complexity index is 765. The zero-order valence-corrected chi connectivity index (χ0v) is 12.7. The maximum absolute atomic E-state index is 12.8. The molecule has 3 rings (SSSR count). The molecule has 2 heterocycles. The molecule has 0 spiro atoms. The summed E-state index contributed by atoms with van der Waals surface area (Å²) in [6.07, 6.45) is 3.47. The summed E-state index contributed by atoms with van der Waals surface area (Å²) in [5, 5.41) is 3.82. The van der Waals surface area contributed by atoms with E-state index in [0.717, 1.165) is 15.9 Å². The molecular formula is C16H15N3OS. The molecule has 21 heavy (non-hydrogen) atoms. The summed E-state index contributed by atoms with van der Waals surface area (Å²) < 4.78 is 0. The van der Waals surface area contributed by atoms with Crippen molar-refractivity contribution < 1.29 is 4.79 Å². The number of rotatable bonds is 3. The minimum atomic E-state index is -0.0588. The fourth-order valence-corrected chi connectivity index (χ4v) is 2.99. The van der Waals surface area contributed by atoms with Crippen molar-refractivity contribution in [2.45, 2.75) is 13.0 Å². The Morgan fingerprint density at radius 2 is 2.00 bits per heavy atom. The second-order valence-electron chi connectivity index (χ2n) is 4.84. The molecule has 3 aromatic rings. The van der Waals surface area contributed by atoms with Gasteiger partial charge in [0.1, 0.15) is 5.01 Å². The molecule has 0 bridgehead atoms. The molecule has 5 heteroatoms. The van der Waals surface area contributed by atoms with E-state index in [1.165, 1.54) is 0 Å². The predicted octanol–water partition coefficient (Wildman–Crippen LogP) is 3.52. The summed E-state index contributed by atoms with van der Waals surface area (Å²) in [6.45, 7) is 1.98. The first-order chi connectivity index (χ1) is 10.2. The molecule has 0 fully saturated rings. The number of carbonyl (C=O) groups excluding carboxylic acids is 1. The molecule has 1 amide bonds. The standard InChI is InChI=1S/C16H15N3OS/c1-11(15-18-9-10-21-15)19(2)16(20)13-7-3-5-12-6-4-8-17-14(12)13/h3-11H,1-2H3. The van der Waals surface area contributed by atoms with Crippen molar-refractivity contribution in [3.8, 4) is 0 Å². The number of para-hydroxylation sites is 1. The van der Waals surface area contributed by atoms with Gasteiger partial charge in [0, 0.05) is 30.2 Å². The Labute approximate surface area is 127 Å². The highest BCUT2D eigenvalue weighted by molar-refractivity contribution is 7.09. The van der Waals surface area contributed by atoms with Gasteiger partial charge in [-0.25, -0.2) is 4.98 Å². The van der Waals surface area contributed by atoms with Gasteiger partial charge in [-0.3, -0.25) is 9.78 Å². The molecule has 0 N–H and O–H groups in total. The number of carbonyl (C=O) groups is 1. The monoisotopic (exact) mass is 297 g/mol. The van der Waals surface area contributed by atoms with Gasteiger partial charge >= 0.3 is 0 Å². The van der Waals surface area contributed by atoms with Gasteiger partial charge in [-0.2, -0.15) is 0 Å². The highest BCUT2D eigenvalue weighted by atomic mass is 32.1. The number of hydrogen-bond acceptors (Lipinski definition) is 4. The minimum absolute atomic E-state index is 0.0398. The minimum Gasteiger partial charge on any atom is -0.332 e. The molecule has 1 unspecified atom stereocenters. The molecule has 0 radical (unpaired) electrons. The Morgan fingerprint density at radius 3 is 2.76 bits per heavy atom. The summed E-state index contributed by atoms with van der Waals surface area (Å²) in [5.41, 5.74) is 1.36. The van der Waals surface area contributed by atoms with Crippen LogP contribution in [0.1, 0.15) is 28.3 Å². The van der Waals surface area contributed by atoms with E-state index >= 15 is 0 Å². The number of amides is 1. The molecule has 2 aromatic heterocycles. The van der Waals surface area contributed by atoms with Crippen molar-refractivity contribution in [3.63, 3.8) is 0 Å². The number of thiazole rings is 1. The summed E-state index contributed by atoms with van der Waals surface area (Å²) >= 11 is 1.55. The molecule has 0 saturated heterocycles. The van der Waals surface area contributed by atoms with Crippen molar-refractivity contribution in [2.24, 2.45) is 0 Å². The lowest BCUT2D eigenvalue weighted by Gasteiger charge is -2.23. The normalized spacial score (nSPS) is 12.3. The molecule has 106 valence electrons. The van der Waals surface area contributed by atoms with Crippen molar-refractivity contribution in [2.75, 3.05) is 7.05 Å². The molecule has 0 aliphatic carbocycles. The van der Waals surface area contributed by atoms with Crippen LogP contribution < -0.4 is 0 Å². The van der Waals surface area contributed by atoms with Crippen LogP contribution in [0.5, 0.6) is 0 Å². The maximum atomic E-state index is 12.8. The van der Waals surface area contributed by atoms with Crippen LogP contribution in [0, 0.1) is 0 Å². The van der Waals surface area contributed by atoms with Crippen molar-refractivity contribution in [1.29, 1.82) is 0 Å². The van der Waals surface area contributed by atoms with Gasteiger partial charge < -0.3 is 4.90 Å². The molecule has 1 atom stereocenters. The van der Waals surface area contributed by atoms with Crippen molar-refractivity contribution in [3.05, 3.63) is 58.7 Å². The highest BCUT2D eigenvalue weighted by Gasteiger charge is 2.22. The van der Waals surface area contributed by atoms with E-state index in [1.807, 2.05) is 42.6 Å². The van der Waals surface area contributed by atoms with E-state index in [9.17, 15) is 4.79 Å². The zero-order chi connectivity index (χ0) is 14.8. The largest absolute Gasteiger partial charge is 0.332 e. The summed E-state index contributed by atoms with van der Waals surface area (Å²) in [7, 11) is 1.80. The smallest absolute Gasteiger partial charge is 0.256 e. The molecule has 0 aliphatic heterocycles. The first-order valence-electron chi connectivity index (χ1n) is 6.69. The Hall–Kier alpha value is -2.27. The number of aromatic nitrogens is 2. The van der Waals surface area contributed by atoms with Gasteiger partial charge in [0.15, 0.2) is 0 Å². The van der Waals surface area contributed by atoms with E-state index in [0.29, 0.717) is 5.56 Å². The van der Waals surface area contributed by atoms with Gasteiger partial charge in [0.2, 0.25) is 0 Å². The van der Waals surface area contributed by atoms with Gasteiger partial charge in [-0.1, -0.05) is 18.2 Å². The fraction of sp³-hybridized carbons (Fsp3) is 0.188. The molecule has 0 aliphatic rings.